The Morgan fingerprint density at radius 3 is 1.90 bits per heavy atom. The van der Waals surface area contributed by atoms with E-state index in [1.165, 1.54) is 0 Å². The predicted molar refractivity (Wildman–Crippen MR) is 82.0 cm³/mol. The Bertz CT molecular complexity index is 325. The monoisotopic (exact) mass is 302 g/mol. The van der Waals surface area contributed by atoms with Gasteiger partial charge in [-0.3, -0.25) is 0 Å². The summed E-state index contributed by atoms with van der Waals surface area (Å²) in [5.74, 6) is -1.15. The molecule has 0 saturated heterocycles. The Balaban J connectivity index is 4.80. The summed E-state index contributed by atoms with van der Waals surface area (Å²) in [6, 6.07) is 0. The summed E-state index contributed by atoms with van der Waals surface area (Å²) in [6.45, 7) is 3.72. The summed E-state index contributed by atoms with van der Waals surface area (Å²) in [7, 11) is 0. The van der Waals surface area contributed by atoms with Crippen LogP contribution in [0.2, 0.25) is 0 Å². The maximum absolute atomic E-state index is 11.4. The minimum absolute atomic E-state index is 0.0396. The molecule has 4 N–H and O–H groups in total. The first-order valence-electron chi connectivity index (χ1n) is 7.92. The molecule has 0 spiro atoms. The smallest absolute Gasteiger partial charge is 0.334 e. The lowest BCUT2D eigenvalue weighted by atomic mass is 9.91. The molecule has 0 aromatic heterocycles. The van der Waals surface area contributed by atoms with E-state index >= 15 is 0 Å². The Labute approximate surface area is 127 Å². The van der Waals surface area contributed by atoms with Gasteiger partial charge in [0.2, 0.25) is 0 Å². The van der Waals surface area contributed by atoms with Crippen molar-refractivity contribution in [3.8, 4) is 0 Å². The zero-order valence-electron chi connectivity index (χ0n) is 13.2. The first kappa shape index (κ1) is 20.1. The Kier molecular flexibility index (Phi) is 11.2. The number of rotatable bonds is 12. The fraction of sp³-hybridized carbons (Fsp3) is 0.812. The quantitative estimate of drug-likeness (QED) is 0.327. The van der Waals surface area contributed by atoms with E-state index in [1.54, 1.807) is 13.8 Å². The fourth-order valence-electron chi connectivity index (χ4n) is 2.38. The van der Waals surface area contributed by atoms with Crippen molar-refractivity contribution < 1.29 is 25.2 Å². The Morgan fingerprint density at radius 2 is 1.43 bits per heavy atom. The molecule has 2 unspecified atom stereocenters. The second kappa shape index (κ2) is 11.7. The Morgan fingerprint density at radius 1 is 0.905 bits per heavy atom. The summed E-state index contributed by atoms with van der Waals surface area (Å²) < 4.78 is 0. The molecule has 0 aliphatic carbocycles. The van der Waals surface area contributed by atoms with E-state index in [0.717, 1.165) is 32.1 Å². The summed E-state index contributed by atoms with van der Waals surface area (Å²) >= 11 is 0. The average molecular weight is 302 g/mol. The number of aliphatic hydroxyl groups is 3. The van der Waals surface area contributed by atoms with Gasteiger partial charge in [-0.25, -0.2) is 4.79 Å². The van der Waals surface area contributed by atoms with Crippen LogP contribution in [0.4, 0.5) is 0 Å². The zero-order valence-corrected chi connectivity index (χ0v) is 13.2. The van der Waals surface area contributed by atoms with Crippen molar-refractivity contribution in [1.82, 2.24) is 0 Å². The van der Waals surface area contributed by atoms with Gasteiger partial charge >= 0.3 is 5.97 Å². The zero-order chi connectivity index (χ0) is 16.3. The lowest BCUT2D eigenvalue weighted by Gasteiger charge is -2.20. The summed E-state index contributed by atoms with van der Waals surface area (Å²) in [5.41, 5.74) is 0.420. The van der Waals surface area contributed by atoms with Crippen molar-refractivity contribution >= 4 is 5.97 Å². The second-order valence-corrected chi connectivity index (χ2v) is 5.33. The molecule has 124 valence electrons. The number of carbonyl (C=O) groups is 1. The van der Waals surface area contributed by atoms with Crippen LogP contribution in [0.15, 0.2) is 11.1 Å². The topological polar surface area (TPSA) is 98.0 Å². The highest BCUT2D eigenvalue weighted by Gasteiger charge is 2.24. The molecular weight excluding hydrogens is 272 g/mol. The van der Waals surface area contributed by atoms with Crippen LogP contribution in [0.1, 0.15) is 65.2 Å². The maximum Gasteiger partial charge on any atom is 0.334 e. The molecule has 0 aromatic carbocycles. The number of carboxylic acids is 1. The molecular formula is C16H30O5. The van der Waals surface area contributed by atoms with Gasteiger partial charge in [0.25, 0.3) is 0 Å². The van der Waals surface area contributed by atoms with Crippen LogP contribution in [0.5, 0.6) is 0 Å². The molecule has 0 radical (unpaired) electrons. The van der Waals surface area contributed by atoms with Crippen molar-refractivity contribution in [3.63, 3.8) is 0 Å². The molecule has 0 heterocycles. The molecule has 0 aliphatic heterocycles. The van der Waals surface area contributed by atoms with Crippen LogP contribution in [0.25, 0.3) is 0 Å². The highest BCUT2D eigenvalue weighted by atomic mass is 16.4. The number of unbranched alkanes of at least 4 members (excludes halogenated alkanes) is 4. The van der Waals surface area contributed by atoms with Gasteiger partial charge in [0, 0.05) is 6.61 Å². The normalized spacial score (nSPS) is 15.5. The third kappa shape index (κ3) is 7.60. The van der Waals surface area contributed by atoms with Crippen LogP contribution < -0.4 is 0 Å². The van der Waals surface area contributed by atoms with E-state index in [-0.39, 0.29) is 12.2 Å². The average Bonchev–Trinajstić information content (AvgIpc) is 2.47. The number of aliphatic hydroxyl groups excluding tert-OH is 3. The first-order chi connectivity index (χ1) is 9.99. The lowest BCUT2D eigenvalue weighted by Crippen LogP contribution is -2.24. The first-order valence-corrected chi connectivity index (χ1v) is 7.92. The Hall–Kier alpha value is -0.910. The van der Waals surface area contributed by atoms with Gasteiger partial charge in [-0.15, -0.1) is 0 Å². The molecule has 0 amide bonds. The molecule has 21 heavy (non-hydrogen) atoms. The van der Waals surface area contributed by atoms with Gasteiger partial charge in [0.05, 0.1) is 17.8 Å². The number of carboxylic acid groups (broad SMARTS) is 1. The van der Waals surface area contributed by atoms with Crippen LogP contribution in [-0.4, -0.2) is 45.2 Å². The van der Waals surface area contributed by atoms with Gasteiger partial charge in [-0.1, -0.05) is 33.1 Å². The minimum atomic E-state index is -1.15. The van der Waals surface area contributed by atoms with E-state index in [0.29, 0.717) is 24.8 Å². The SMILES string of the molecule is CCC(O)/C(CCCCCCCO)=C(\C(=O)O)C(O)CC. The van der Waals surface area contributed by atoms with E-state index in [1.807, 2.05) is 0 Å². The van der Waals surface area contributed by atoms with Crippen molar-refractivity contribution in [2.45, 2.75) is 77.4 Å². The molecule has 0 fully saturated rings. The number of hydrogen-bond acceptors (Lipinski definition) is 4. The molecule has 0 aliphatic rings. The van der Waals surface area contributed by atoms with E-state index in [9.17, 15) is 20.1 Å². The van der Waals surface area contributed by atoms with Crippen molar-refractivity contribution in [1.29, 1.82) is 0 Å². The molecule has 0 saturated carbocycles. The van der Waals surface area contributed by atoms with Crippen LogP contribution in [0.3, 0.4) is 0 Å². The molecule has 5 nitrogen and oxygen atoms in total. The van der Waals surface area contributed by atoms with Gasteiger partial charge < -0.3 is 20.4 Å². The lowest BCUT2D eigenvalue weighted by molar-refractivity contribution is -0.134. The van der Waals surface area contributed by atoms with Crippen LogP contribution >= 0.6 is 0 Å². The summed E-state index contributed by atoms with van der Waals surface area (Å²) in [6.07, 6.45) is 3.83. The summed E-state index contributed by atoms with van der Waals surface area (Å²) in [4.78, 5) is 11.4. The number of aliphatic carboxylic acids is 1. The second-order valence-electron chi connectivity index (χ2n) is 5.33. The van der Waals surface area contributed by atoms with Gasteiger partial charge in [-0.05, 0) is 37.7 Å². The number of hydrogen-bond donors (Lipinski definition) is 4. The predicted octanol–water partition coefficient (Wildman–Crippen LogP) is 2.24. The molecule has 0 aromatic rings. The van der Waals surface area contributed by atoms with Crippen molar-refractivity contribution in [2.24, 2.45) is 0 Å². The maximum atomic E-state index is 11.4. The van der Waals surface area contributed by atoms with Gasteiger partial charge in [0.1, 0.15) is 0 Å². The van der Waals surface area contributed by atoms with Crippen molar-refractivity contribution in [2.75, 3.05) is 6.61 Å². The van der Waals surface area contributed by atoms with Gasteiger partial charge in [0.15, 0.2) is 0 Å². The third-order valence-corrected chi connectivity index (χ3v) is 3.69. The van der Waals surface area contributed by atoms with Crippen molar-refractivity contribution in [3.05, 3.63) is 11.1 Å². The largest absolute Gasteiger partial charge is 0.478 e. The molecule has 0 bridgehead atoms. The van der Waals surface area contributed by atoms with E-state index in [4.69, 9.17) is 5.11 Å². The highest BCUT2D eigenvalue weighted by Crippen LogP contribution is 2.23. The summed E-state index contributed by atoms with van der Waals surface area (Å²) in [5, 5.41) is 38.0. The van der Waals surface area contributed by atoms with Crippen LogP contribution in [-0.2, 0) is 4.79 Å². The standard InChI is InChI=1S/C16H30O5/c1-3-13(18)12(10-8-6-5-7-9-11-17)15(16(20)21)14(19)4-2/h13-14,17-19H,3-11H2,1-2H3,(H,20,21)/b15-12-. The van der Waals surface area contributed by atoms with Gasteiger partial charge in [-0.2, -0.15) is 0 Å². The van der Waals surface area contributed by atoms with E-state index < -0.39 is 18.2 Å². The molecule has 5 heteroatoms. The fourth-order valence-corrected chi connectivity index (χ4v) is 2.38. The third-order valence-electron chi connectivity index (χ3n) is 3.69. The molecule has 2 atom stereocenters. The van der Waals surface area contributed by atoms with E-state index in [2.05, 4.69) is 0 Å². The highest BCUT2D eigenvalue weighted by molar-refractivity contribution is 5.88. The van der Waals surface area contributed by atoms with Crippen LogP contribution in [0, 0.1) is 0 Å². The minimum Gasteiger partial charge on any atom is -0.478 e. The molecule has 0 rings (SSSR count).